The maximum Gasteiger partial charge on any atom is 0.237 e. The largest absolute Gasteiger partial charge is 0.345 e. The standard InChI is InChI=1S/C13H23N5O/c1-3-6-9(14)13(19)15-10-7-5-8-18-12(10)16-11(4-2)17-18/h9-10H,3-8,14H2,1-2H3,(H,15,19). The summed E-state index contributed by atoms with van der Waals surface area (Å²) in [6, 6.07) is -0.467. The molecule has 2 heterocycles. The van der Waals surface area contributed by atoms with E-state index in [2.05, 4.69) is 15.4 Å². The van der Waals surface area contributed by atoms with Gasteiger partial charge in [-0.2, -0.15) is 5.10 Å². The summed E-state index contributed by atoms with van der Waals surface area (Å²) >= 11 is 0. The highest BCUT2D eigenvalue weighted by Gasteiger charge is 2.26. The second kappa shape index (κ2) is 6.14. The van der Waals surface area contributed by atoms with Crippen molar-refractivity contribution < 1.29 is 4.79 Å². The molecule has 6 nitrogen and oxygen atoms in total. The van der Waals surface area contributed by atoms with Gasteiger partial charge in [0.25, 0.3) is 0 Å². The molecule has 0 fully saturated rings. The molecular weight excluding hydrogens is 242 g/mol. The molecule has 19 heavy (non-hydrogen) atoms. The summed E-state index contributed by atoms with van der Waals surface area (Å²) < 4.78 is 1.92. The number of aromatic nitrogens is 3. The van der Waals surface area contributed by atoms with Crippen molar-refractivity contribution in [3.05, 3.63) is 11.6 Å². The van der Waals surface area contributed by atoms with Gasteiger partial charge in [0.1, 0.15) is 5.82 Å². The normalized spacial score (nSPS) is 19.8. The molecule has 2 rings (SSSR count). The van der Waals surface area contributed by atoms with Crippen LogP contribution in [0.25, 0.3) is 0 Å². The van der Waals surface area contributed by atoms with Crippen LogP contribution < -0.4 is 11.1 Å². The highest BCUT2D eigenvalue weighted by Crippen LogP contribution is 2.23. The molecule has 0 bridgehead atoms. The van der Waals surface area contributed by atoms with Crippen molar-refractivity contribution in [2.45, 2.75) is 64.6 Å². The van der Waals surface area contributed by atoms with Crippen LogP contribution in [-0.4, -0.2) is 26.7 Å². The summed E-state index contributed by atoms with van der Waals surface area (Å²) in [5.41, 5.74) is 5.84. The van der Waals surface area contributed by atoms with Crippen molar-refractivity contribution in [2.24, 2.45) is 5.73 Å². The third kappa shape index (κ3) is 3.12. The molecule has 0 aliphatic carbocycles. The SMILES string of the molecule is CCCC(N)C(=O)NC1CCCn2nc(CC)nc21. The lowest BCUT2D eigenvalue weighted by Gasteiger charge is -2.24. The fourth-order valence-corrected chi connectivity index (χ4v) is 2.41. The first-order valence-corrected chi connectivity index (χ1v) is 7.15. The Morgan fingerprint density at radius 2 is 2.37 bits per heavy atom. The van der Waals surface area contributed by atoms with E-state index < -0.39 is 6.04 Å². The Labute approximate surface area is 113 Å². The minimum absolute atomic E-state index is 0.0445. The van der Waals surface area contributed by atoms with E-state index in [4.69, 9.17) is 5.73 Å². The number of carbonyl (C=O) groups excluding carboxylic acids is 1. The van der Waals surface area contributed by atoms with E-state index in [9.17, 15) is 4.79 Å². The molecule has 0 saturated carbocycles. The zero-order valence-corrected chi connectivity index (χ0v) is 11.7. The quantitative estimate of drug-likeness (QED) is 0.829. The average Bonchev–Trinajstić information content (AvgIpc) is 2.83. The molecule has 6 heteroatoms. The van der Waals surface area contributed by atoms with Crippen LogP contribution >= 0.6 is 0 Å². The molecule has 0 saturated heterocycles. The fraction of sp³-hybridized carbons (Fsp3) is 0.769. The number of carbonyl (C=O) groups is 1. The summed E-state index contributed by atoms with van der Waals surface area (Å²) in [6.45, 7) is 4.94. The first kappa shape index (κ1) is 14.0. The molecule has 0 aromatic carbocycles. The summed E-state index contributed by atoms with van der Waals surface area (Å²) in [6.07, 6.45) is 4.36. The smallest absolute Gasteiger partial charge is 0.237 e. The molecule has 0 radical (unpaired) electrons. The molecule has 1 aliphatic heterocycles. The topological polar surface area (TPSA) is 85.8 Å². The van der Waals surface area contributed by atoms with Gasteiger partial charge in [-0.3, -0.25) is 4.79 Å². The zero-order chi connectivity index (χ0) is 13.8. The van der Waals surface area contributed by atoms with Crippen LogP contribution in [-0.2, 0) is 17.8 Å². The van der Waals surface area contributed by atoms with Crippen molar-refractivity contribution in [1.29, 1.82) is 0 Å². The number of amides is 1. The molecule has 3 N–H and O–H groups in total. The Morgan fingerprint density at radius 1 is 1.58 bits per heavy atom. The van der Waals surface area contributed by atoms with Gasteiger partial charge in [-0.15, -0.1) is 0 Å². The zero-order valence-electron chi connectivity index (χ0n) is 11.7. The minimum atomic E-state index is -0.422. The van der Waals surface area contributed by atoms with Gasteiger partial charge >= 0.3 is 0 Å². The number of rotatable bonds is 5. The predicted molar refractivity (Wildman–Crippen MR) is 72.4 cm³/mol. The third-order valence-corrected chi connectivity index (χ3v) is 3.49. The van der Waals surface area contributed by atoms with Crippen molar-refractivity contribution in [2.75, 3.05) is 0 Å². The maximum atomic E-state index is 12.0. The van der Waals surface area contributed by atoms with Gasteiger partial charge in [0, 0.05) is 13.0 Å². The Kier molecular flexibility index (Phi) is 4.52. The molecule has 1 aromatic heterocycles. The molecular formula is C13H23N5O. The molecule has 2 atom stereocenters. The second-order valence-corrected chi connectivity index (χ2v) is 5.06. The highest BCUT2D eigenvalue weighted by atomic mass is 16.2. The minimum Gasteiger partial charge on any atom is -0.345 e. The number of hydrogen-bond acceptors (Lipinski definition) is 4. The highest BCUT2D eigenvalue weighted by molar-refractivity contribution is 5.81. The Hall–Kier alpha value is -1.43. The van der Waals surface area contributed by atoms with Crippen LogP contribution in [0.2, 0.25) is 0 Å². The van der Waals surface area contributed by atoms with E-state index in [1.54, 1.807) is 0 Å². The summed E-state index contributed by atoms with van der Waals surface area (Å²) in [5.74, 6) is 1.63. The lowest BCUT2D eigenvalue weighted by atomic mass is 10.1. The summed E-state index contributed by atoms with van der Waals surface area (Å²) in [5, 5.41) is 7.44. The van der Waals surface area contributed by atoms with Gasteiger partial charge in [-0.1, -0.05) is 20.3 Å². The van der Waals surface area contributed by atoms with E-state index in [0.717, 1.165) is 43.9 Å². The van der Waals surface area contributed by atoms with Gasteiger partial charge in [0.05, 0.1) is 12.1 Å². The first-order chi connectivity index (χ1) is 9.15. The van der Waals surface area contributed by atoms with Gasteiger partial charge in [-0.05, 0) is 19.3 Å². The number of aryl methyl sites for hydroxylation is 2. The van der Waals surface area contributed by atoms with E-state index in [1.165, 1.54) is 0 Å². The Morgan fingerprint density at radius 3 is 3.05 bits per heavy atom. The van der Waals surface area contributed by atoms with Gasteiger partial charge in [-0.25, -0.2) is 9.67 Å². The van der Waals surface area contributed by atoms with E-state index in [-0.39, 0.29) is 11.9 Å². The monoisotopic (exact) mass is 265 g/mol. The first-order valence-electron chi connectivity index (χ1n) is 7.15. The van der Waals surface area contributed by atoms with Gasteiger partial charge in [0.2, 0.25) is 5.91 Å². The van der Waals surface area contributed by atoms with Crippen LogP contribution in [0.5, 0.6) is 0 Å². The number of nitrogens with one attached hydrogen (secondary N) is 1. The molecule has 0 spiro atoms. The molecule has 1 aromatic rings. The number of hydrogen-bond donors (Lipinski definition) is 2. The summed E-state index contributed by atoms with van der Waals surface area (Å²) in [4.78, 5) is 16.5. The number of fused-ring (bicyclic) bond motifs is 1. The Balaban J connectivity index is 2.06. The molecule has 2 unspecified atom stereocenters. The van der Waals surface area contributed by atoms with Crippen LogP contribution in [0, 0.1) is 0 Å². The average molecular weight is 265 g/mol. The molecule has 106 valence electrons. The predicted octanol–water partition coefficient (Wildman–Crippen LogP) is 0.919. The van der Waals surface area contributed by atoms with Crippen LogP contribution in [0.15, 0.2) is 0 Å². The van der Waals surface area contributed by atoms with E-state index >= 15 is 0 Å². The van der Waals surface area contributed by atoms with E-state index in [1.807, 2.05) is 18.5 Å². The van der Waals surface area contributed by atoms with Crippen LogP contribution in [0.3, 0.4) is 0 Å². The lowest BCUT2D eigenvalue weighted by molar-refractivity contribution is -0.123. The van der Waals surface area contributed by atoms with Gasteiger partial charge < -0.3 is 11.1 Å². The van der Waals surface area contributed by atoms with E-state index in [0.29, 0.717) is 6.42 Å². The third-order valence-electron chi connectivity index (χ3n) is 3.49. The number of nitrogens with two attached hydrogens (primary N) is 1. The van der Waals surface area contributed by atoms with Gasteiger partial charge in [0.15, 0.2) is 5.82 Å². The van der Waals surface area contributed by atoms with Crippen molar-refractivity contribution in [3.8, 4) is 0 Å². The molecule has 1 aliphatic rings. The Bertz CT molecular complexity index is 442. The lowest BCUT2D eigenvalue weighted by Crippen LogP contribution is -2.43. The van der Waals surface area contributed by atoms with Crippen LogP contribution in [0.4, 0.5) is 0 Å². The second-order valence-electron chi connectivity index (χ2n) is 5.06. The molecule has 1 amide bonds. The van der Waals surface area contributed by atoms with Crippen molar-refractivity contribution in [1.82, 2.24) is 20.1 Å². The summed E-state index contributed by atoms with van der Waals surface area (Å²) in [7, 11) is 0. The fourth-order valence-electron chi connectivity index (χ4n) is 2.41. The van der Waals surface area contributed by atoms with Crippen molar-refractivity contribution >= 4 is 5.91 Å². The van der Waals surface area contributed by atoms with Crippen molar-refractivity contribution in [3.63, 3.8) is 0 Å². The maximum absolute atomic E-state index is 12.0. The van der Waals surface area contributed by atoms with Crippen LogP contribution in [0.1, 0.15) is 57.2 Å². The number of nitrogens with zero attached hydrogens (tertiary/aromatic N) is 3.